The van der Waals surface area contributed by atoms with Crippen molar-refractivity contribution in [3.63, 3.8) is 0 Å². The SMILES string of the molecule is CC[C@H](C)n1c(C)cc(CNCC(C)C)c1C. The molecule has 0 aliphatic carbocycles. The summed E-state index contributed by atoms with van der Waals surface area (Å²) in [7, 11) is 0. The second-order valence-corrected chi connectivity index (χ2v) is 5.55. The lowest BCUT2D eigenvalue weighted by molar-refractivity contribution is 0.507. The van der Waals surface area contributed by atoms with Crippen LogP contribution in [0, 0.1) is 19.8 Å². The largest absolute Gasteiger partial charge is 0.346 e. The van der Waals surface area contributed by atoms with Gasteiger partial charge in [-0.15, -0.1) is 0 Å². The molecule has 1 atom stereocenters. The number of hydrogen-bond donors (Lipinski definition) is 1. The maximum absolute atomic E-state index is 3.53. The van der Waals surface area contributed by atoms with Crippen LogP contribution in [0.3, 0.4) is 0 Å². The Morgan fingerprint density at radius 1 is 1.24 bits per heavy atom. The van der Waals surface area contributed by atoms with Crippen molar-refractivity contribution in [2.75, 3.05) is 6.54 Å². The number of hydrogen-bond acceptors (Lipinski definition) is 1. The fourth-order valence-electron chi connectivity index (χ4n) is 2.38. The third kappa shape index (κ3) is 3.60. The molecule has 0 aromatic carbocycles. The van der Waals surface area contributed by atoms with Crippen LogP contribution >= 0.6 is 0 Å². The van der Waals surface area contributed by atoms with E-state index in [0.29, 0.717) is 12.0 Å². The summed E-state index contributed by atoms with van der Waals surface area (Å²) in [5.41, 5.74) is 4.26. The summed E-state index contributed by atoms with van der Waals surface area (Å²) in [6.07, 6.45) is 1.19. The Morgan fingerprint density at radius 2 is 1.88 bits per heavy atom. The Balaban J connectivity index is 2.74. The molecule has 2 heteroatoms. The topological polar surface area (TPSA) is 17.0 Å². The number of aryl methyl sites for hydroxylation is 1. The quantitative estimate of drug-likeness (QED) is 0.794. The first-order chi connectivity index (χ1) is 7.97. The normalized spacial score (nSPS) is 13.4. The zero-order valence-corrected chi connectivity index (χ0v) is 12.3. The van der Waals surface area contributed by atoms with Crippen LogP contribution in [0.15, 0.2) is 6.07 Å². The zero-order chi connectivity index (χ0) is 13.0. The highest BCUT2D eigenvalue weighted by Crippen LogP contribution is 2.22. The molecular weight excluding hydrogens is 208 g/mol. The minimum absolute atomic E-state index is 0.605. The van der Waals surface area contributed by atoms with Gasteiger partial charge in [0.25, 0.3) is 0 Å². The number of rotatable bonds is 6. The molecule has 0 aliphatic heterocycles. The molecule has 98 valence electrons. The first kappa shape index (κ1) is 14.3. The van der Waals surface area contributed by atoms with Gasteiger partial charge < -0.3 is 9.88 Å². The van der Waals surface area contributed by atoms with Crippen LogP contribution in [0.25, 0.3) is 0 Å². The molecule has 1 heterocycles. The van der Waals surface area contributed by atoms with Crippen molar-refractivity contribution in [3.05, 3.63) is 23.0 Å². The molecule has 1 aromatic heterocycles. The summed E-state index contributed by atoms with van der Waals surface area (Å²) < 4.78 is 2.46. The predicted octanol–water partition coefficient (Wildman–Crippen LogP) is 3.82. The molecule has 2 nitrogen and oxygen atoms in total. The van der Waals surface area contributed by atoms with E-state index in [1.807, 2.05) is 0 Å². The summed E-state index contributed by atoms with van der Waals surface area (Å²) in [5.74, 6) is 0.716. The van der Waals surface area contributed by atoms with E-state index >= 15 is 0 Å². The first-order valence-electron chi connectivity index (χ1n) is 6.85. The molecule has 17 heavy (non-hydrogen) atoms. The molecule has 1 rings (SSSR count). The molecule has 0 radical (unpaired) electrons. The van der Waals surface area contributed by atoms with Gasteiger partial charge in [0.15, 0.2) is 0 Å². The van der Waals surface area contributed by atoms with Crippen LogP contribution in [0.1, 0.15) is 57.1 Å². The summed E-state index contributed by atoms with van der Waals surface area (Å²) in [6, 6.07) is 2.93. The molecule has 1 N–H and O–H groups in total. The van der Waals surface area contributed by atoms with Gasteiger partial charge in [0.1, 0.15) is 0 Å². The Labute approximate surface area is 106 Å². The molecule has 0 saturated heterocycles. The molecule has 0 fully saturated rings. The highest BCUT2D eigenvalue weighted by Gasteiger charge is 2.12. The summed E-state index contributed by atoms with van der Waals surface area (Å²) in [4.78, 5) is 0. The van der Waals surface area contributed by atoms with Crippen molar-refractivity contribution >= 4 is 0 Å². The Hall–Kier alpha value is -0.760. The number of aromatic nitrogens is 1. The second kappa shape index (κ2) is 6.25. The van der Waals surface area contributed by atoms with Gasteiger partial charge >= 0.3 is 0 Å². The van der Waals surface area contributed by atoms with E-state index in [2.05, 4.69) is 57.5 Å². The first-order valence-corrected chi connectivity index (χ1v) is 6.85. The van der Waals surface area contributed by atoms with Gasteiger partial charge in [-0.3, -0.25) is 0 Å². The highest BCUT2D eigenvalue weighted by atomic mass is 15.0. The smallest absolute Gasteiger partial charge is 0.0305 e. The molecule has 0 saturated carbocycles. The van der Waals surface area contributed by atoms with Crippen LogP contribution in [0.5, 0.6) is 0 Å². The van der Waals surface area contributed by atoms with Crippen molar-refractivity contribution in [3.8, 4) is 0 Å². The van der Waals surface area contributed by atoms with Crippen LogP contribution in [-0.2, 0) is 6.54 Å². The van der Waals surface area contributed by atoms with Gasteiger partial charge in [0.05, 0.1) is 0 Å². The van der Waals surface area contributed by atoms with Gasteiger partial charge in [-0.2, -0.15) is 0 Å². The Kier molecular flexibility index (Phi) is 5.26. The van der Waals surface area contributed by atoms with E-state index < -0.39 is 0 Å². The Morgan fingerprint density at radius 3 is 2.41 bits per heavy atom. The van der Waals surface area contributed by atoms with E-state index in [1.54, 1.807) is 0 Å². The van der Waals surface area contributed by atoms with Gasteiger partial charge in [0, 0.05) is 24.0 Å². The zero-order valence-electron chi connectivity index (χ0n) is 12.3. The van der Waals surface area contributed by atoms with Gasteiger partial charge in [0.2, 0.25) is 0 Å². The van der Waals surface area contributed by atoms with Crippen molar-refractivity contribution in [2.45, 2.75) is 60.5 Å². The van der Waals surface area contributed by atoms with E-state index in [-0.39, 0.29) is 0 Å². The monoisotopic (exact) mass is 236 g/mol. The predicted molar refractivity (Wildman–Crippen MR) is 75.5 cm³/mol. The van der Waals surface area contributed by atoms with Crippen LogP contribution < -0.4 is 5.32 Å². The lowest BCUT2D eigenvalue weighted by Crippen LogP contribution is -2.19. The van der Waals surface area contributed by atoms with Crippen molar-refractivity contribution in [2.24, 2.45) is 5.92 Å². The van der Waals surface area contributed by atoms with Crippen LogP contribution in [0.2, 0.25) is 0 Å². The standard InChI is InChI=1S/C15H28N2/c1-7-12(4)17-13(5)8-15(14(17)6)10-16-9-11(2)3/h8,11-12,16H,7,9-10H2,1-6H3/t12-/m0/s1. The fraction of sp³-hybridized carbons (Fsp3) is 0.733. The summed E-state index contributed by atoms with van der Waals surface area (Å²) in [6.45, 7) is 15.6. The maximum Gasteiger partial charge on any atom is 0.0305 e. The highest BCUT2D eigenvalue weighted by molar-refractivity contribution is 5.27. The number of nitrogens with zero attached hydrogens (tertiary/aromatic N) is 1. The molecule has 0 aliphatic rings. The van der Waals surface area contributed by atoms with Crippen LogP contribution in [-0.4, -0.2) is 11.1 Å². The Bertz CT molecular complexity index is 350. The van der Waals surface area contributed by atoms with Crippen molar-refractivity contribution < 1.29 is 0 Å². The molecule has 0 unspecified atom stereocenters. The molecular formula is C15H28N2. The molecule has 0 amide bonds. The van der Waals surface area contributed by atoms with Gasteiger partial charge in [-0.05, 0) is 51.3 Å². The van der Waals surface area contributed by atoms with Crippen molar-refractivity contribution in [1.82, 2.24) is 9.88 Å². The maximum atomic E-state index is 3.53. The average Bonchev–Trinajstić information content (AvgIpc) is 2.53. The van der Waals surface area contributed by atoms with E-state index in [0.717, 1.165) is 13.1 Å². The third-order valence-electron chi connectivity index (χ3n) is 3.49. The lowest BCUT2D eigenvalue weighted by atomic mass is 10.2. The fourth-order valence-corrected chi connectivity index (χ4v) is 2.38. The van der Waals surface area contributed by atoms with Crippen molar-refractivity contribution in [1.29, 1.82) is 0 Å². The lowest BCUT2D eigenvalue weighted by Gasteiger charge is -2.17. The number of nitrogens with one attached hydrogen (secondary N) is 1. The van der Waals surface area contributed by atoms with Gasteiger partial charge in [-0.1, -0.05) is 20.8 Å². The van der Waals surface area contributed by atoms with E-state index in [4.69, 9.17) is 0 Å². The second-order valence-electron chi connectivity index (χ2n) is 5.55. The summed E-state index contributed by atoms with van der Waals surface area (Å²) in [5, 5.41) is 3.53. The molecule has 0 bridgehead atoms. The van der Waals surface area contributed by atoms with E-state index in [9.17, 15) is 0 Å². The minimum atomic E-state index is 0.605. The third-order valence-corrected chi connectivity index (χ3v) is 3.49. The average molecular weight is 236 g/mol. The minimum Gasteiger partial charge on any atom is -0.346 e. The van der Waals surface area contributed by atoms with Gasteiger partial charge in [-0.25, -0.2) is 0 Å². The van der Waals surface area contributed by atoms with Crippen LogP contribution in [0.4, 0.5) is 0 Å². The molecule has 1 aromatic rings. The van der Waals surface area contributed by atoms with E-state index in [1.165, 1.54) is 23.4 Å². The molecule has 0 spiro atoms. The summed E-state index contributed by atoms with van der Waals surface area (Å²) >= 11 is 0.